The van der Waals surface area contributed by atoms with Crippen molar-refractivity contribution in [3.05, 3.63) is 29.6 Å². The van der Waals surface area contributed by atoms with Gasteiger partial charge in [-0.2, -0.15) is 0 Å². The Balaban J connectivity index is 1.20. The first-order valence-corrected chi connectivity index (χ1v) is 12.0. The fourth-order valence-electron chi connectivity index (χ4n) is 7.52. The summed E-state index contributed by atoms with van der Waals surface area (Å²) in [4.78, 5) is 18.0. The molecule has 6 fully saturated rings. The number of nitrogens with one attached hydrogen (secondary N) is 1. The fraction of sp³-hybridized carbons (Fsp3) is 0.720. The van der Waals surface area contributed by atoms with Crippen LogP contribution in [0, 0.1) is 23.6 Å². The molecule has 1 N–H and O–H groups in total. The predicted molar refractivity (Wildman–Crippen MR) is 116 cm³/mol. The maximum Gasteiger partial charge on any atom is 0.231 e. The van der Waals surface area contributed by atoms with Crippen LogP contribution in [0.15, 0.2) is 18.2 Å². The van der Waals surface area contributed by atoms with Crippen molar-refractivity contribution >= 4 is 11.6 Å². The Morgan fingerprint density at radius 2 is 1.60 bits per heavy atom. The summed E-state index contributed by atoms with van der Waals surface area (Å²) < 4.78 is 15.3. The van der Waals surface area contributed by atoms with E-state index >= 15 is 4.39 Å². The quantitative estimate of drug-likeness (QED) is 0.821. The number of piperazine rings is 1. The lowest BCUT2D eigenvalue weighted by Gasteiger charge is -2.57. The monoisotopic (exact) mass is 411 g/mol. The summed E-state index contributed by atoms with van der Waals surface area (Å²) in [6.45, 7) is 3.85. The third kappa shape index (κ3) is 3.07. The molecule has 1 saturated heterocycles. The number of hydrogen-bond donors (Lipinski definition) is 1. The molecule has 5 saturated carbocycles. The highest BCUT2D eigenvalue weighted by molar-refractivity contribution is 5.92. The van der Waals surface area contributed by atoms with Crippen LogP contribution in [0.25, 0.3) is 0 Å². The average Bonchev–Trinajstić information content (AvgIpc) is 3.49. The van der Waals surface area contributed by atoms with Gasteiger partial charge in [0.25, 0.3) is 0 Å². The molecule has 1 amide bonds. The first-order chi connectivity index (χ1) is 14.4. The number of halogens is 1. The maximum atomic E-state index is 15.3. The highest BCUT2D eigenvalue weighted by atomic mass is 19.1. The van der Waals surface area contributed by atoms with E-state index in [4.69, 9.17) is 0 Å². The highest BCUT2D eigenvalue weighted by Crippen LogP contribution is 2.57. The molecule has 4 nitrogen and oxygen atoms in total. The Morgan fingerprint density at radius 3 is 2.13 bits per heavy atom. The van der Waals surface area contributed by atoms with Crippen LogP contribution in [0.4, 0.5) is 10.1 Å². The molecule has 162 valence electrons. The summed E-state index contributed by atoms with van der Waals surface area (Å²) >= 11 is 0. The molecule has 0 unspecified atom stereocenters. The van der Waals surface area contributed by atoms with Crippen LogP contribution in [0.5, 0.6) is 0 Å². The second-order valence-electron chi connectivity index (χ2n) is 11.2. The molecular weight excluding hydrogens is 377 g/mol. The Morgan fingerprint density at radius 1 is 1.00 bits per heavy atom. The number of anilines is 1. The third-order valence-electron chi connectivity index (χ3n) is 8.94. The van der Waals surface area contributed by atoms with Gasteiger partial charge in [-0.1, -0.05) is 6.07 Å². The smallest absolute Gasteiger partial charge is 0.231 e. The standard InChI is InChI=1S/C25H34FN3O/c1-28-6-8-29(9-7-28)20-2-3-21(22(26)13-20)25(4-5-25)23(30)27-24-14-17-10-18(15-24)12-19(11-17)16-24/h2-3,13,17-19H,4-12,14-16H2,1H3,(H,27,30). The van der Waals surface area contributed by atoms with Crippen LogP contribution in [0.3, 0.4) is 0 Å². The lowest BCUT2D eigenvalue weighted by atomic mass is 9.53. The first-order valence-electron chi connectivity index (χ1n) is 12.0. The number of nitrogens with zero attached hydrogens (tertiary/aromatic N) is 2. The molecule has 1 heterocycles. The summed E-state index contributed by atoms with van der Waals surface area (Å²) in [6.07, 6.45) is 9.07. The number of carbonyl (C=O) groups is 1. The molecule has 0 spiro atoms. The molecule has 1 aromatic rings. The summed E-state index contributed by atoms with van der Waals surface area (Å²) in [6, 6.07) is 5.59. The normalized spacial score (nSPS) is 36.7. The van der Waals surface area contributed by atoms with Gasteiger partial charge in [0.2, 0.25) is 5.91 Å². The van der Waals surface area contributed by atoms with Gasteiger partial charge in [0.15, 0.2) is 0 Å². The molecule has 4 bridgehead atoms. The minimum atomic E-state index is -0.631. The molecule has 5 aliphatic carbocycles. The minimum absolute atomic E-state index is 0.00231. The molecule has 0 atom stereocenters. The maximum absolute atomic E-state index is 15.3. The molecule has 1 aliphatic heterocycles. The molecular formula is C25H34FN3O. The second-order valence-corrected chi connectivity index (χ2v) is 11.2. The van der Waals surface area contributed by atoms with Gasteiger partial charge in [-0.25, -0.2) is 4.39 Å². The van der Waals surface area contributed by atoms with Crippen LogP contribution in [0.2, 0.25) is 0 Å². The van der Waals surface area contributed by atoms with Crippen LogP contribution in [-0.4, -0.2) is 49.6 Å². The third-order valence-corrected chi connectivity index (χ3v) is 8.94. The van der Waals surface area contributed by atoms with Crippen molar-refractivity contribution in [3.63, 3.8) is 0 Å². The zero-order chi connectivity index (χ0) is 20.5. The zero-order valence-electron chi connectivity index (χ0n) is 18.1. The Hall–Kier alpha value is -1.62. The molecule has 5 heteroatoms. The van der Waals surface area contributed by atoms with Crippen molar-refractivity contribution in [3.8, 4) is 0 Å². The zero-order valence-corrected chi connectivity index (χ0v) is 18.1. The molecule has 6 aliphatic rings. The highest BCUT2D eigenvalue weighted by Gasteiger charge is 2.57. The van der Waals surface area contributed by atoms with E-state index in [-0.39, 0.29) is 17.3 Å². The van der Waals surface area contributed by atoms with Gasteiger partial charge in [-0.05, 0) is 88.3 Å². The Kier molecular flexibility index (Phi) is 4.26. The summed E-state index contributed by atoms with van der Waals surface area (Å²) in [5.74, 6) is 2.28. The SMILES string of the molecule is CN1CCN(c2ccc(C3(C(=O)NC45CC6CC(CC(C6)C4)C5)CC3)c(F)c2)CC1. The summed E-state index contributed by atoms with van der Waals surface area (Å²) in [5.41, 5.74) is 0.926. The molecule has 0 radical (unpaired) electrons. The lowest BCUT2D eigenvalue weighted by molar-refractivity contribution is -0.129. The number of amides is 1. The largest absolute Gasteiger partial charge is 0.369 e. The van der Waals surface area contributed by atoms with Gasteiger partial charge in [-0.15, -0.1) is 0 Å². The Labute approximate surface area is 179 Å². The van der Waals surface area contributed by atoms with E-state index in [1.807, 2.05) is 12.1 Å². The number of hydrogen-bond acceptors (Lipinski definition) is 3. The van der Waals surface area contributed by atoms with Crippen molar-refractivity contribution in [2.24, 2.45) is 17.8 Å². The number of carbonyl (C=O) groups excluding carboxylic acids is 1. The number of likely N-dealkylation sites (N-methyl/N-ethyl adjacent to an activating group) is 1. The molecule has 1 aromatic carbocycles. The molecule has 7 rings (SSSR count). The van der Waals surface area contributed by atoms with Crippen molar-refractivity contribution < 1.29 is 9.18 Å². The van der Waals surface area contributed by atoms with Crippen molar-refractivity contribution in [1.29, 1.82) is 0 Å². The molecule has 30 heavy (non-hydrogen) atoms. The van der Waals surface area contributed by atoms with Crippen LogP contribution < -0.4 is 10.2 Å². The van der Waals surface area contributed by atoms with E-state index < -0.39 is 5.41 Å². The predicted octanol–water partition coefficient (Wildman–Crippen LogP) is 3.69. The van der Waals surface area contributed by atoms with Crippen molar-refractivity contribution in [2.45, 2.75) is 62.3 Å². The van der Waals surface area contributed by atoms with Gasteiger partial charge < -0.3 is 15.1 Å². The molecule has 0 aromatic heterocycles. The van der Waals surface area contributed by atoms with Gasteiger partial charge in [0.05, 0.1) is 5.41 Å². The van der Waals surface area contributed by atoms with Crippen LogP contribution in [0.1, 0.15) is 56.9 Å². The van der Waals surface area contributed by atoms with Crippen LogP contribution >= 0.6 is 0 Å². The van der Waals surface area contributed by atoms with E-state index in [2.05, 4.69) is 22.2 Å². The van der Waals surface area contributed by atoms with E-state index in [9.17, 15) is 4.79 Å². The average molecular weight is 412 g/mol. The lowest BCUT2D eigenvalue weighted by Crippen LogP contribution is -2.61. The van der Waals surface area contributed by atoms with E-state index in [0.717, 1.165) is 81.7 Å². The first kappa shape index (κ1) is 19.1. The van der Waals surface area contributed by atoms with Gasteiger partial charge in [0.1, 0.15) is 5.82 Å². The number of rotatable bonds is 4. The van der Waals surface area contributed by atoms with E-state index in [1.165, 1.54) is 19.3 Å². The summed E-state index contributed by atoms with van der Waals surface area (Å²) in [5, 5.41) is 3.51. The van der Waals surface area contributed by atoms with Crippen molar-refractivity contribution in [1.82, 2.24) is 10.2 Å². The van der Waals surface area contributed by atoms with E-state index in [1.54, 1.807) is 6.07 Å². The van der Waals surface area contributed by atoms with Gasteiger partial charge in [0, 0.05) is 43.0 Å². The Bertz CT molecular complexity index is 821. The van der Waals surface area contributed by atoms with Crippen LogP contribution in [-0.2, 0) is 10.2 Å². The number of benzene rings is 1. The summed E-state index contributed by atoms with van der Waals surface area (Å²) in [7, 11) is 2.13. The van der Waals surface area contributed by atoms with Gasteiger partial charge in [-0.3, -0.25) is 4.79 Å². The van der Waals surface area contributed by atoms with Crippen molar-refractivity contribution in [2.75, 3.05) is 38.1 Å². The minimum Gasteiger partial charge on any atom is -0.369 e. The topological polar surface area (TPSA) is 35.6 Å². The fourth-order valence-corrected chi connectivity index (χ4v) is 7.52. The van der Waals surface area contributed by atoms with E-state index in [0.29, 0.717) is 5.56 Å². The van der Waals surface area contributed by atoms with Gasteiger partial charge >= 0.3 is 0 Å². The second kappa shape index (κ2) is 6.69.